The molecule has 112 valence electrons. The van der Waals surface area contributed by atoms with Gasteiger partial charge in [0.1, 0.15) is 13.2 Å². The van der Waals surface area contributed by atoms with Crippen molar-refractivity contribution in [3.8, 4) is 11.5 Å². The standard InChI is InChI=1S/C15H22N2O2.ClH/c1-16-9-13-4-5-17(11-13)10-12-2-3-14-15(8-12)19-7-6-18-14;/h2-3,8,13,16H,4-7,9-11H2,1H3;1H. The Bertz CT molecular complexity index is 442. The second-order valence-corrected chi connectivity index (χ2v) is 5.43. The molecule has 0 radical (unpaired) electrons. The number of nitrogens with one attached hydrogen (secondary N) is 1. The van der Waals surface area contributed by atoms with E-state index < -0.39 is 0 Å². The summed E-state index contributed by atoms with van der Waals surface area (Å²) in [5, 5.41) is 3.27. The number of fused-ring (bicyclic) bond motifs is 1. The zero-order chi connectivity index (χ0) is 13.1. The summed E-state index contributed by atoms with van der Waals surface area (Å²) in [6, 6.07) is 6.31. The van der Waals surface area contributed by atoms with Crippen LogP contribution in [0, 0.1) is 5.92 Å². The zero-order valence-corrected chi connectivity index (χ0v) is 12.7. The number of rotatable bonds is 4. The van der Waals surface area contributed by atoms with Crippen molar-refractivity contribution in [3.63, 3.8) is 0 Å². The first kappa shape index (κ1) is 15.4. The lowest BCUT2D eigenvalue weighted by Gasteiger charge is -2.21. The molecule has 0 amide bonds. The molecule has 3 rings (SSSR count). The fourth-order valence-corrected chi connectivity index (χ4v) is 2.96. The number of nitrogens with zero attached hydrogens (tertiary/aromatic N) is 1. The van der Waals surface area contributed by atoms with E-state index in [0.29, 0.717) is 13.2 Å². The van der Waals surface area contributed by atoms with E-state index in [2.05, 4.69) is 22.3 Å². The maximum absolute atomic E-state index is 5.63. The van der Waals surface area contributed by atoms with Gasteiger partial charge in [-0.05, 0) is 50.2 Å². The Kier molecular flexibility index (Phi) is 5.52. The molecule has 1 fully saturated rings. The first-order valence-corrected chi connectivity index (χ1v) is 7.10. The van der Waals surface area contributed by atoms with Gasteiger partial charge in [-0.25, -0.2) is 0 Å². The summed E-state index contributed by atoms with van der Waals surface area (Å²) in [7, 11) is 2.03. The highest BCUT2D eigenvalue weighted by Gasteiger charge is 2.22. The molecule has 1 N–H and O–H groups in total. The smallest absolute Gasteiger partial charge is 0.161 e. The van der Waals surface area contributed by atoms with Crippen LogP contribution in [0.5, 0.6) is 11.5 Å². The van der Waals surface area contributed by atoms with Gasteiger partial charge in [0.2, 0.25) is 0 Å². The number of likely N-dealkylation sites (tertiary alicyclic amines) is 1. The first-order valence-electron chi connectivity index (χ1n) is 7.10. The molecule has 2 aliphatic rings. The monoisotopic (exact) mass is 298 g/mol. The van der Waals surface area contributed by atoms with Gasteiger partial charge in [-0.3, -0.25) is 4.90 Å². The minimum Gasteiger partial charge on any atom is -0.486 e. The van der Waals surface area contributed by atoms with Crippen molar-refractivity contribution < 1.29 is 9.47 Å². The summed E-state index contributed by atoms with van der Waals surface area (Å²) in [6.45, 7) is 5.83. The van der Waals surface area contributed by atoms with Gasteiger partial charge in [-0.1, -0.05) is 6.07 Å². The van der Waals surface area contributed by atoms with E-state index in [1.807, 2.05) is 13.1 Å². The summed E-state index contributed by atoms with van der Waals surface area (Å²) in [5.41, 5.74) is 1.31. The Morgan fingerprint density at radius 3 is 2.85 bits per heavy atom. The maximum Gasteiger partial charge on any atom is 0.161 e. The second-order valence-electron chi connectivity index (χ2n) is 5.43. The van der Waals surface area contributed by atoms with Crippen molar-refractivity contribution in [3.05, 3.63) is 23.8 Å². The molecule has 2 aliphatic heterocycles. The molecule has 0 saturated carbocycles. The second kappa shape index (κ2) is 7.16. The van der Waals surface area contributed by atoms with Gasteiger partial charge >= 0.3 is 0 Å². The molecule has 5 heteroatoms. The Balaban J connectivity index is 0.00000147. The summed E-state index contributed by atoms with van der Waals surface area (Å²) < 4.78 is 11.2. The van der Waals surface area contributed by atoms with Crippen LogP contribution in [0.1, 0.15) is 12.0 Å². The summed E-state index contributed by atoms with van der Waals surface area (Å²) in [6.07, 6.45) is 1.30. The van der Waals surface area contributed by atoms with Crippen LogP contribution in [-0.2, 0) is 6.54 Å². The molecule has 1 atom stereocenters. The molecule has 2 heterocycles. The fraction of sp³-hybridized carbons (Fsp3) is 0.600. The average Bonchev–Trinajstić information content (AvgIpc) is 2.86. The SMILES string of the molecule is CNCC1CCN(Cc2ccc3c(c2)OCCO3)C1.Cl. The van der Waals surface area contributed by atoms with E-state index in [1.54, 1.807) is 0 Å². The Morgan fingerprint density at radius 2 is 2.05 bits per heavy atom. The molecular formula is C15H23ClN2O2. The molecule has 20 heavy (non-hydrogen) atoms. The highest BCUT2D eigenvalue weighted by Crippen LogP contribution is 2.31. The van der Waals surface area contributed by atoms with Crippen LogP contribution in [-0.4, -0.2) is 44.8 Å². The lowest BCUT2D eigenvalue weighted by molar-refractivity contribution is 0.171. The highest BCUT2D eigenvalue weighted by molar-refractivity contribution is 5.85. The molecule has 1 aromatic rings. The lowest BCUT2D eigenvalue weighted by Crippen LogP contribution is -2.24. The van der Waals surface area contributed by atoms with Crippen molar-refractivity contribution in [2.24, 2.45) is 5.92 Å². The van der Waals surface area contributed by atoms with Crippen LogP contribution < -0.4 is 14.8 Å². The van der Waals surface area contributed by atoms with Gasteiger partial charge < -0.3 is 14.8 Å². The third-order valence-corrected chi connectivity index (χ3v) is 3.88. The summed E-state index contributed by atoms with van der Waals surface area (Å²) in [5.74, 6) is 2.57. The van der Waals surface area contributed by atoms with Crippen LogP contribution in [0.2, 0.25) is 0 Å². The van der Waals surface area contributed by atoms with Gasteiger partial charge in [0.25, 0.3) is 0 Å². The number of hydrogen-bond acceptors (Lipinski definition) is 4. The molecular weight excluding hydrogens is 276 g/mol. The normalized spacial score (nSPS) is 21.6. The molecule has 4 nitrogen and oxygen atoms in total. The molecule has 1 aromatic carbocycles. The first-order chi connectivity index (χ1) is 9.35. The van der Waals surface area contributed by atoms with Crippen LogP contribution in [0.15, 0.2) is 18.2 Å². The van der Waals surface area contributed by atoms with Crippen LogP contribution in [0.3, 0.4) is 0 Å². The van der Waals surface area contributed by atoms with Crippen LogP contribution >= 0.6 is 12.4 Å². The number of halogens is 1. The summed E-state index contributed by atoms with van der Waals surface area (Å²) >= 11 is 0. The van der Waals surface area contributed by atoms with E-state index in [9.17, 15) is 0 Å². The Labute approximate surface area is 126 Å². The van der Waals surface area contributed by atoms with Crippen LogP contribution in [0.25, 0.3) is 0 Å². The van der Waals surface area contributed by atoms with Gasteiger partial charge in [0.05, 0.1) is 0 Å². The maximum atomic E-state index is 5.63. The topological polar surface area (TPSA) is 33.7 Å². The Hall–Kier alpha value is -0.970. The minimum absolute atomic E-state index is 0. The van der Waals surface area contributed by atoms with Gasteiger partial charge in [-0.2, -0.15) is 0 Å². The quantitative estimate of drug-likeness (QED) is 0.921. The molecule has 1 unspecified atom stereocenters. The predicted octanol–water partition coefficient (Wildman–Crippen LogP) is 1.92. The van der Waals surface area contributed by atoms with Crippen molar-refractivity contribution >= 4 is 12.4 Å². The van der Waals surface area contributed by atoms with Gasteiger partial charge in [0, 0.05) is 13.1 Å². The van der Waals surface area contributed by atoms with E-state index in [1.165, 1.54) is 25.1 Å². The van der Waals surface area contributed by atoms with Gasteiger partial charge in [-0.15, -0.1) is 12.4 Å². The minimum atomic E-state index is 0. The lowest BCUT2D eigenvalue weighted by atomic mass is 10.1. The van der Waals surface area contributed by atoms with E-state index in [0.717, 1.165) is 30.5 Å². The Morgan fingerprint density at radius 1 is 1.25 bits per heavy atom. The number of hydrogen-bond donors (Lipinski definition) is 1. The fourth-order valence-electron chi connectivity index (χ4n) is 2.96. The van der Waals surface area contributed by atoms with Crippen LogP contribution in [0.4, 0.5) is 0 Å². The van der Waals surface area contributed by atoms with Crippen molar-refractivity contribution in [2.45, 2.75) is 13.0 Å². The van der Waals surface area contributed by atoms with Crippen molar-refractivity contribution in [1.82, 2.24) is 10.2 Å². The third kappa shape index (κ3) is 3.57. The molecule has 0 aliphatic carbocycles. The average molecular weight is 299 g/mol. The van der Waals surface area contributed by atoms with E-state index >= 15 is 0 Å². The molecule has 1 saturated heterocycles. The zero-order valence-electron chi connectivity index (χ0n) is 11.9. The molecule has 0 bridgehead atoms. The third-order valence-electron chi connectivity index (χ3n) is 3.88. The molecule has 0 aromatic heterocycles. The highest BCUT2D eigenvalue weighted by atomic mass is 35.5. The summed E-state index contributed by atoms with van der Waals surface area (Å²) in [4.78, 5) is 2.52. The van der Waals surface area contributed by atoms with E-state index in [4.69, 9.17) is 9.47 Å². The van der Waals surface area contributed by atoms with Crippen molar-refractivity contribution in [1.29, 1.82) is 0 Å². The molecule has 0 spiro atoms. The number of ether oxygens (including phenoxy) is 2. The number of benzene rings is 1. The van der Waals surface area contributed by atoms with E-state index in [-0.39, 0.29) is 12.4 Å². The predicted molar refractivity (Wildman–Crippen MR) is 82.0 cm³/mol. The largest absolute Gasteiger partial charge is 0.486 e. The van der Waals surface area contributed by atoms with Gasteiger partial charge in [0.15, 0.2) is 11.5 Å². The van der Waals surface area contributed by atoms with Crippen molar-refractivity contribution in [2.75, 3.05) is 39.9 Å².